The highest BCUT2D eigenvalue weighted by atomic mass is 79.9. The number of hydrogen-bond donors (Lipinski definition) is 0. The van der Waals surface area contributed by atoms with Crippen LogP contribution in [0.3, 0.4) is 0 Å². The van der Waals surface area contributed by atoms with Gasteiger partial charge in [-0.1, -0.05) is 28.1 Å². The van der Waals surface area contributed by atoms with Gasteiger partial charge in [-0.15, -0.1) is 0 Å². The molecule has 3 atom stereocenters. The van der Waals surface area contributed by atoms with Gasteiger partial charge in [-0.2, -0.15) is 5.26 Å². The van der Waals surface area contributed by atoms with E-state index in [1.54, 1.807) is 19.1 Å². The van der Waals surface area contributed by atoms with Gasteiger partial charge in [0.05, 0.1) is 18.2 Å². The Morgan fingerprint density at radius 1 is 1.21 bits per heavy atom. The summed E-state index contributed by atoms with van der Waals surface area (Å²) >= 11 is 3.39. The van der Waals surface area contributed by atoms with Crippen molar-refractivity contribution >= 4 is 27.9 Å². The molecule has 0 saturated carbocycles. The van der Waals surface area contributed by atoms with Gasteiger partial charge in [0, 0.05) is 13.0 Å². The van der Waals surface area contributed by atoms with Crippen LogP contribution >= 0.6 is 15.9 Å². The number of hydrogen-bond acceptors (Lipinski definition) is 6. The van der Waals surface area contributed by atoms with Crippen LogP contribution in [0, 0.1) is 23.2 Å². The first-order chi connectivity index (χ1) is 13.1. The molecule has 0 N–H and O–H groups in total. The minimum Gasteiger partial charge on any atom is -0.465 e. The van der Waals surface area contributed by atoms with Crippen molar-refractivity contribution in [2.45, 2.75) is 51.2 Å². The highest BCUT2D eigenvalue weighted by Gasteiger charge is 2.34. The molecule has 28 heavy (non-hydrogen) atoms. The number of nitriles is 1. The third-order valence-corrected chi connectivity index (χ3v) is 5.08. The van der Waals surface area contributed by atoms with Crippen LogP contribution in [0.15, 0.2) is 24.3 Å². The number of ether oxygens (including phenoxy) is 3. The minimum atomic E-state index is -0.926. The van der Waals surface area contributed by atoms with Crippen molar-refractivity contribution in [3.63, 3.8) is 0 Å². The first kappa shape index (κ1) is 24.1. The zero-order valence-electron chi connectivity index (χ0n) is 17.0. The maximum absolute atomic E-state index is 12.1. The minimum absolute atomic E-state index is 0.218. The van der Waals surface area contributed by atoms with Crippen LogP contribution in [0.1, 0.15) is 50.0 Å². The normalized spacial score (nSPS) is 14.5. The number of methoxy groups -OCH3 is 1. The molecule has 3 unspecified atom stereocenters. The molecule has 0 spiro atoms. The predicted molar refractivity (Wildman–Crippen MR) is 109 cm³/mol. The van der Waals surface area contributed by atoms with Gasteiger partial charge in [0.15, 0.2) is 0 Å². The number of benzene rings is 1. The number of carbonyl (C=O) groups excluding carboxylic acids is 2. The molecule has 0 amide bonds. The van der Waals surface area contributed by atoms with Crippen molar-refractivity contribution in [3.8, 4) is 6.07 Å². The molecule has 1 rings (SSSR count). The lowest BCUT2D eigenvalue weighted by Gasteiger charge is -2.24. The number of rotatable bonds is 9. The number of aryl methyl sites for hydroxylation is 1. The zero-order valence-corrected chi connectivity index (χ0v) is 18.6. The monoisotopic (exact) mass is 453 g/mol. The van der Waals surface area contributed by atoms with E-state index >= 15 is 0 Å². The Labute approximate surface area is 175 Å². The average Bonchev–Trinajstić information content (AvgIpc) is 2.63. The van der Waals surface area contributed by atoms with Gasteiger partial charge in [0.2, 0.25) is 0 Å². The first-order valence-electron chi connectivity index (χ1n) is 9.18. The predicted octanol–water partition coefficient (Wildman–Crippen LogP) is 4.26. The molecule has 0 bridgehead atoms. The molecule has 6 nitrogen and oxygen atoms in total. The van der Waals surface area contributed by atoms with Crippen molar-refractivity contribution in [2.75, 3.05) is 13.7 Å². The molecule has 0 aromatic heterocycles. The number of alkyl halides is 1. The summed E-state index contributed by atoms with van der Waals surface area (Å²) in [6.45, 7) is 7.38. The lowest BCUT2D eigenvalue weighted by Crippen LogP contribution is -2.32. The molecule has 1 aromatic rings. The van der Waals surface area contributed by atoms with E-state index in [0.29, 0.717) is 18.4 Å². The van der Waals surface area contributed by atoms with Crippen LogP contribution in [-0.2, 0) is 25.4 Å². The van der Waals surface area contributed by atoms with E-state index in [4.69, 9.17) is 14.2 Å². The van der Waals surface area contributed by atoms with Gasteiger partial charge < -0.3 is 14.2 Å². The van der Waals surface area contributed by atoms with E-state index in [1.807, 2.05) is 39.0 Å². The first-order valence-corrected chi connectivity index (χ1v) is 10.1. The summed E-state index contributed by atoms with van der Waals surface area (Å²) in [6, 6.07) is 9.16. The third-order valence-electron chi connectivity index (χ3n) is 4.02. The van der Waals surface area contributed by atoms with Crippen molar-refractivity contribution in [1.82, 2.24) is 0 Å². The van der Waals surface area contributed by atoms with Crippen LogP contribution in [0.5, 0.6) is 0 Å². The maximum atomic E-state index is 12.1. The van der Waals surface area contributed by atoms with Crippen LogP contribution in [0.25, 0.3) is 0 Å². The topological polar surface area (TPSA) is 85.6 Å². The molecular weight excluding hydrogens is 426 g/mol. The fraction of sp³-hybridized carbons (Fsp3) is 0.571. The Balaban J connectivity index is 2.83. The van der Waals surface area contributed by atoms with E-state index in [1.165, 1.54) is 7.11 Å². The van der Waals surface area contributed by atoms with Crippen molar-refractivity contribution in [2.24, 2.45) is 11.8 Å². The van der Waals surface area contributed by atoms with Gasteiger partial charge >= 0.3 is 11.9 Å². The fourth-order valence-corrected chi connectivity index (χ4v) is 3.23. The molecule has 1 aromatic carbocycles. The lowest BCUT2D eigenvalue weighted by atomic mass is 9.88. The average molecular weight is 454 g/mol. The number of carbonyl (C=O) groups is 2. The SMILES string of the molecule is CCOC(=O)C(C#N)C(CCc1ccc(C(=O)OC(C)(C)C)cc1)C(Br)OC. The van der Waals surface area contributed by atoms with E-state index in [0.717, 1.165) is 5.56 Å². The van der Waals surface area contributed by atoms with Crippen LogP contribution < -0.4 is 0 Å². The summed E-state index contributed by atoms with van der Waals surface area (Å²) in [7, 11) is 1.52. The number of esters is 2. The number of nitrogens with zero attached hydrogens (tertiary/aromatic N) is 1. The van der Waals surface area contributed by atoms with Crippen molar-refractivity contribution < 1.29 is 23.8 Å². The second-order valence-corrected chi connectivity index (χ2v) is 8.25. The van der Waals surface area contributed by atoms with Gasteiger partial charge in [-0.25, -0.2) is 4.79 Å². The highest BCUT2D eigenvalue weighted by Crippen LogP contribution is 2.28. The second-order valence-electron chi connectivity index (χ2n) is 7.35. The van der Waals surface area contributed by atoms with Crippen molar-refractivity contribution in [3.05, 3.63) is 35.4 Å². The Morgan fingerprint density at radius 3 is 2.29 bits per heavy atom. The molecule has 0 fully saturated rings. The smallest absolute Gasteiger partial charge is 0.338 e. The van der Waals surface area contributed by atoms with Gasteiger partial charge in [-0.05, 0) is 58.2 Å². The summed E-state index contributed by atoms with van der Waals surface area (Å²) in [5, 5.41) is 8.99. The molecule has 0 radical (unpaired) electrons. The molecule has 0 heterocycles. The van der Waals surface area contributed by atoms with E-state index < -0.39 is 22.5 Å². The Hall–Kier alpha value is -1.91. The van der Waals surface area contributed by atoms with Gasteiger partial charge in [0.25, 0.3) is 0 Å². The molecule has 7 heteroatoms. The molecule has 0 aliphatic rings. The Bertz CT molecular complexity index is 690. The molecular formula is C21H28BrNO5. The van der Waals surface area contributed by atoms with Crippen LogP contribution in [0.4, 0.5) is 0 Å². The van der Waals surface area contributed by atoms with Crippen LogP contribution in [0.2, 0.25) is 0 Å². The zero-order chi connectivity index (χ0) is 21.3. The Morgan fingerprint density at radius 2 is 1.82 bits per heavy atom. The summed E-state index contributed by atoms with van der Waals surface area (Å²) in [6.07, 6.45) is 1.15. The summed E-state index contributed by atoms with van der Waals surface area (Å²) in [5.74, 6) is -2.22. The van der Waals surface area contributed by atoms with E-state index in [-0.39, 0.29) is 18.5 Å². The van der Waals surface area contributed by atoms with Crippen molar-refractivity contribution in [1.29, 1.82) is 5.26 Å². The molecule has 0 aliphatic heterocycles. The second kappa shape index (κ2) is 11.2. The summed E-state index contributed by atoms with van der Waals surface area (Å²) in [5.41, 5.74) is 0.911. The summed E-state index contributed by atoms with van der Waals surface area (Å²) < 4.78 is 15.7. The standard InChI is InChI=1S/C21H28BrNO5/c1-6-27-20(25)17(13-23)16(18(22)26-5)12-9-14-7-10-15(11-8-14)19(24)28-21(2,3)4/h7-8,10-11,16-18H,6,9,12H2,1-5H3. The largest absolute Gasteiger partial charge is 0.465 e. The van der Waals surface area contributed by atoms with E-state index in [9.17, 15) is 14.9 Å². The number of halogens is 1. The maximum Gasteiger partial charge on any atom is 0.338 e. The molecule has 0 aliphatic carbocycles. The van der Waals surface area contributed by atoms with Crippen LogP contribution in [-0.4, -0.2) is 36.3 Å². The van der Waals surface area contributed by atoms with Gasteiger partial charge in [0.1, 0.15) is 16.5 Å². The quantitative estimate of drug-likeness (QED) is 0.410. The van der Waals surface area contributed by atoms with E-state index in [2.05, 4.69) is 15.9 Å². The molecule has 154 valence electrons. The molecule has 0 saturated heterocycles. The third kappa shape index (κ3) is 7.61. The highest BCUT2D eigenvalue weighted by molar-refractivity contribution is 9.09. The summed E-state index contributed by atoms with van der Waals surface area (Å²) in [4.78, 5) is 24.2. The van der Waals surface area contributed by atoms with Gasteiger partial charge in [-0.3, -0.25) is 4.79 Å². The lowest BCUT2D eigenvalue weighted by molar-refractivity contribution is -0.148. The fourth-order valence-electron chi connectivity index (χ4n) is 2.66. The Kier molecular flexibility index (Phi) is 9.63.